The summed E-state index contributed by atoms with van der Waals surface area (Å²) in [6.07, 6.45) is 10.5. The Morgan fingerprint density at radius 3 is 3.06 bits per heavy atom. The summed E-state index contributed by atoms with van der Waals surface area (Å²) in [4.78, 5) is 4.05. The number of methoxy groups -OCH3 is 1. The lowest BCUT2D eigenvalue weighted by atomic mass is 10.0. The van der Waals surface area contributed by atoms with E-state index < -0.39 is 0 Å². The molecule has 0 bridgehead atoms. The average molecular weight is 218 g/mol. The van der Waals surface area contributed by atoms with Crippen molar-refractivity contribution in [3.8, 4) is 18.1 Å². The first-order valence-electron chi connectivity index (χ1n) is 5.48. The minimum Gasteiger partial charge on any atom is -0.495 e. The van der Waals surface area contributed by atoms with E-state index >= 15 is 0 Å². The van der Waals surface area contributed by atoms with E-state index in [1.807, 2.05) is 6.07 Å². The van der Waals surface area contributed by atoms with Crippen LogP contribution in [0.1, 0.15) is 31.4 Å². The zero-order valence-electron chi connectivity index (χ0n) is 9.86. The molecule has 0 spiro atoms. The van der Waals surface area contributed by atoms with Crippen LogP contribution in [-0.4, -0.2) is 18.6 Å². The highest BCUT2D eigenvalue weighted by Gasteiger charge is 2.14. The number of hydrogen-bond donors (Lipinski definition) is 1. The number of nitrogens with one attached hydrogen (secondary N) is 1. The van der Waals surface area contributed by atoms with E-state index in [1.165, 1.54) is 0 Å². The smallest absolute Gasteiger partial charge is 0.141 e. The maximum absolute atomic E-state index is 5.30. The van der Waals surface area contributed by atoms with Gasteiger partial charge in [-0.1, -0.05) is 6.92 Å². The molecule has 3 heteroatoms. The average Bonchev–Trinajstić information content (AvgIpc) is 2.34. The predicted molar refractivity (Wildman–Crippen MR) is 65.3 cm³/mol. The summed E-state index contributed by atoms with van der Waals surface area (Å²) < 4.78 is 5.30. The molecule has 0 radical (unpaired) electrons. The van der Waals surface area contributed by atoms with E-state index in [0.717, 1.165) is 30.7 Å². The van der Waals surface area contributed by atoms with Crippen LogP contribution in [0.5, 0.6) is 5.75 Å². The Morgan fingerprint density at radius 1 is 1.62 bits per heavy atom. The van der Waals surface area contributed by atoms with E-state index in [-0.39, 0.29) is 6.04 Å². The second-order valence-corrected chi connectivity index (χ2v) is 3.47. The molecule has 1 unspecified atom stereocenters. The molecule has 0 aromatic carbocycles. The molecule has 1 aromatic heterocycles. The molecule has 0 fully saturated rings. The first-order valence-corrected chi connectivity index (χ1v) is 5.48. The minimum atomic E-state index is 0.235. The third kappa shape index (κ3) is 3.25. The zero-order valence-corrected chi connectivity index (χ0v) is 9.86. The molecule has 0 saturated carbocycles. The fourth-order valence-corrected chi connectivity index (χ4v) is 1.69. The third-order valence-electron chi connectivity index (χ3n) is 2.44. The van der Waals surface area contributed by atoms with Gasteiger partial charge in [0.25, 0.3) is 0 Å². The van der Waals surface area contributed by atoms with Crippen molar-refractivity contribution in [2.45, 2.75) is 25.8 Å². The number of nitrogens with zero attached hydrogens (tertiary/aromatic N) is 1. The Kier molecular flexibility index (Phi) is 5.38. The van der Waals surface area contributed by atoms with Crippen molar-refractivity contribution < 1.29 is 4.74 Å². The summed E-state index contributed by atoms with van der Waals surface area (Å²) in [6.45, 7) is 2.98. The molecule has 0 aliphatic rings. The van der Waals surface area contributed by atoms with Gasteiger partial charge in [-0.25, -0.2) is 0 Å². The topological polar surface area (TPSA) is 34.2 Å². The molecular weight excluding hydrogens is 200 g/mol. The van der Waals surface area contributed by atoms with Gasteiger partial charge >= 0.3 is 0 Å². The normalized spacial score (nSPS) is 11.8. The highest BCUT2D eigenvalue weighted by atomic mass is 16.5. The Morgan fingerprint density at radius 2 is 2.44 bits per heavy atom. The third-order valence-corrected chi connectivity index (χ3v) is 2.44. The Labute approximate surface area is 97.2 Å². The summed E-state index contributed by atoms with van der Waals surface area (Å²) in [6, 6.07) is 2.21. The fourth-order valence-electron chi connectivity index (χ4n) is 1.69. The lowest BCUT2D eigenvalue weighted by Gasteiger charge is -2.19. The number of hydrogen-bond acceptors (Lipinski definition) is 3. The fraction of sp³-hybridized carbons (Fsp3) is 0.462. The zero-order chi connectivity index (χ0) is 11.8. The van der Waals surface area contributed by atoms with E-state index in [2.05, 4.69) is 23.1 Å². The van der Waals surface area contributed by atoms with Crippen LogP contribution in [0.15, 0.2) is 18.5 Å². The number of pyridine rings is 1. The minimum absolute atomic E-state index is 0.235. The first kappa shape index (κ1) is 12.5. The van der Waals surface area contributed by atoms with Crippen LogP contribution in [0.4, 0.5) is 0 Å². The van der Waals surface area contributed by atoms with Crippen LogP contribution in [0.25, 0.3) is 0 Å². The van der Waals surface area contributed by atoms with Gasteiger partial charge in [-0.3, -0.25) is 4.98 Å². The van der Waals surface area contributed by atoms with Crippen molar-refractivity contribution in [2.24, 2.45) is 0 Å². The summed E-state index contributed by atoms with van der Waals surface area (Å²) in [5.74, 6) is 3.48. The van der Waals surface area contributed by atoms with Crippen molar-refractivity contribution in [2.75, 3.05) is 13.7 Å². The summed E-state index contributed by atoms with van der Waals surface area (Å²) in [5.41, 5.74) is 1.12. The van der Waals surface area contributed by atoms with Crippen molar-refractivity contribution in [1.82, 2.24) is 10.3 Å². The quantitative estimate of drug-likeness (QED) is 0.743. The summed E-state index contributed by atoms with van der Waals surface area (Å²) in [5, 5.41) is 3.41. The molecular formula is C13H18N2O. The first-order chi connectivity index (χ1) is 7.83. The Bertz CT molecular complexity index is 357. The van der Waals surface area contributed by atoms with E-state index in [4.69, 9.17) is 11.2 Å². The van der Waals surface area contributed by atoms with Crippen molar-refractivity contribution in [3.63, 3.8) is 0 Å². The maximum Gasteiger partial charge on any atom is 0.141 e. The SMILES string of the molecule is C#CCCC(NCC)c1ccncc1OC. The van der Waals surface area contributed by atoms with Crippen molar-refractivity contribution in [3.05, 3.63) is 24.0 Å². The molecule has 0 amide bonds. The maximum atomic E-state index is 5.30. The number of aromatic nitrogens is 1. The van der Waals surface area contributed by atoms with Gasteiger partial charge in [-0.15, -0.1) is 12.3 Å². The van der Waals surface area contributed by atoms with Crippen molar-refractivity contribution >= 4 is 0 Å². The highest BCUT2D eigenvalue weighted by molar-refractivity contribution is 5.32. The number of terminal acetylenes is 1. The van der Waals surface area contributed by atoms with Crippen LogP contribution in [0.2, 0.25) is 0 Å². The monoisotopic (exact) mass is 218 g/mol. The molecule has 1 rings (SSSR count). The van der Waals surface area contributed by atoms with Crippen molar-refractivity contribution in [1.29, 1.82) is 0 Å². The largest absolute Gasteiger partial charge is 0.495 e. The van der Waals surface area contributed by atoms with Gasteiger partial charge in [-0.05, 0) is 19.0 Å². The van der Waals surface area contributed by atoms with Gasteiger partial charge in [-0.2, -0.15) is 0 Å². The highest BCUT2D eigenvalue weighted by Crippen LogP contribution is 2.26. The lowest BCUT2D eigenvalue weighted by molar-refractivity contribution is 0.395. The number of ether oxygens (including phenoxy) is 1. The molecule has 86 valence electrons. The predicted octanol–water partition coefficient (Wildman–Crippen LogP) is 2.15. The molecule has 3 nitrogen and oxygen atoms in total. The molecule has 0 aliphatic heterocycles. The summed E-state index contributed by atoms with van der Waals surface area (Å²) in [7, 11) is 1.66. The Balaban J connectivity index is 2.86. The molecule has 1 aromatic rings. The van der Waals surface area contributed by atoms with Gasteiger partial charge in [0.1, 0.15) is 5.75 Å². The molecule has 1 N–H and O–H groups in total. The summed E-state index contributed by atoms with van der Waals surface area (Å²) >= 11 is 0. The molecule has 0 aliphatic carbocycles. The van der Waals surface area contributed by atoms with Gasteiger partial charge in [0.05, 0.1) is 13.3 Å². The van der Waals surface area contributed by atoms with Gasteiger partial charge in [0, 0.05) is 24.2 Å². The molecule has 1 heterocycles. The van der Waals surface area contributed by atoms with Crippen LogP contribution in [0.3, 0.4) is 0 Å². The van der Waals surface area contributed by atoms with E-state index in [0.29, 0.717) is 0 Å². The second kappa shape index (κ2) is 6.86. The van der Waals surface area contributed by atoms with Gasteiger partial charge in [0.15, 0.2) is 0 Å². The van der Waals surface area contributed by atoms with Gasteiger partial charge in [0.2, 0.25) is 0 Å². The second-order valence-electron chi connectivity index (χ2n) is 3.47. The van der Waals surface area contributed by atoms with Gasteiger partial charge < -0.3 is 10.1 Å². The van der Waals surface area contributed by atoms with Crippen LogP contribution in [0, 0.1) is 12.3 Å². The number of rotatable bonds is 6. The van der Waals surface area contributed by atoms with Crippen LogP contribution < -0.4 is 10.1 Å². The van der Waals surface area contributed by atoms with E-state index in [1.54, 1.807) is 19.5 Å². The Hall–Kier alpha value is -1.53. The van der Waals surface area contributed by atoms with Crippen LogP contribution in [-0.2, 0) is 0 Å². The standard InChI is InChI=1S/C13H18N2O/c1-4-6-7-12(15-5-2)11-8-9-14-10-13(11)16-3/h1,8-10,12,15H,5-7H2,2-3H3. The van der Waals surface area contributed by atoms with E-state index in [9.17, 15) is 0 Å². The molecule has 0 saturated heterocycles. The van der Waals surface area contributed by atoms with Crippen LogP contribution >= 0.6 is 0 Å². The molecule has 1 atom stereocenters. The molecule has 16 heavy (non-hydrogen) atoms. The lowest BCUT2D eigenvalue weighted by Crippen LogP contribution is -2.21.